The second kappa shape index (κ2) is 7.74. The zero-order chi connectivity index (χ0) is 15.3. The molecule has 0 heterocycles. The number of rotatable bonds is 7. The van der Waals surface area contributed by atoms with E-state index in [-0.39, 0.29) is 5.41 Å². The molecule has 0 fully saturated rings. The van der Waals surface area contributed by atoms with Gasteiger partial charge < -0.3 is 10.1 Å². The first-order valence-electron chi connectivity index (χ1n) is 6.69. The van der Waals surface area contributed by atoms with Crippen molar-refractivity contribution in [1.29, 1.82) is 0 Å². The Balaban J connectivity index is 2.55. The molecular formula is C15H22Cl3NO. The summed E-state index contributed by atoms with van der Waals surface area (Å²) < 4.78 is 5.78. The van der Waals surface area contributed by atoms with Crippen LogP contribution in [0.15, 0.2) is 12.1 Å². The summed E-state index contributed by atoms with van der Waals surface area (Å²) in [6.07, 6.45) is 0. The molecule has 0 amide bonds. The van der Waals surface area contributed by atoms with E-state index >= 15 is 0 Å². The van der Waals surface area contributed by atoms with E-state index in [0.717, 1.165) is 13.1 Å². The van der Waals surface area contributed by atoms with Crippen LogP contribution in [0.25, 0.3) is 0 Å². The van der Waals surface area contributed by atoms with Crippen molar-refractivity contribution in [3.05, 3.63) is 27.2 Å². The van der Waals surface area contributed by atoms with Crippen LogP contribution >= 0.6 is 34.8 Å². The van der Waals surface area contributed by atoms with Crippen molar-refractivity contribution in [3.63, 3.8) is 0 Å². The third kappa shape index (κ3) is 6.09. The molecule has 114 valence electrons. The number of halogens is 3. The van der Waals surface area contributed by atoms with Crippen molar-refractivity contribution in [3.8, 4) is 5.75 Å². The van der Waals surface area contributed by atoms with Crippen molar-refractivity contribution in [1.82, 2.24) is 5.32 Å². The fraction of sp³-hybridized carbons (Fsp3) is 0.600. The largest absolute Gasteiger partial charge is 0.491 e. The van der Waals surface area contributed by atoms with Gasteiger partial charge in [-0.25, -0.2) is 0 Å². The van der Waals surface area contributed by atoms with Crippen molar-refractivity contribution < 1.29 is 4.74 Å². The van der Waals surface area contributed by atoms with Crippen LogP contribution in [0.4, 0.5) is 0 Å². The maximum atomic E-state index is 6.09. The Labute approximate surface area is 136 Å². The molecule has 0 bridgehead atoms. The van der Waals surface area contributed by atoms with Crippen LogP contribution in [0.5, 0.6) is 5.75 Å². The number of ether oxygens (including phenoxy) is 1. The Morgan fingerprint density at radius 3 is 2.30 bits per heavy atom. The van der Waals surface area contributed by atoms with Crippen LogP contribution in [-0.4, -0.2) is 19.7 Å². The molecule has 0 aliphatic carbocycles. The van der Waals surface area contributed by atoms with Crippen LogP contribution in [0.3, 0.4) is 0 Å². The Hall–Kier alpha value is -0.150. The lowest BCUT2D eigenvalue weighted by Gasteiger charge is -2.26. The van der Waals surface area contributed by atoms with Crippen LogP contribution in [0, 0.1) is 11.3 Å². The quantitative estimate of drug-likeness (QED) is 0.681. The molecule has 0 saturated carbocycles. The van der Waals surface area contributed by atoms with Crippen LogP contribution in [0.2, 0.25) is 15.1 Å². The molecule has 1 aromatic carbocycles. The first-order chi connectivity index (χ1) is 9.21. The summed E-state index contributed by atoms with van der Waals surface area (Å²) in [5.41, 5.74) is 0.00430. The van der Waals surface area contributed by atoms with Crippen LogP contribution in [0.1, 0.15) is 27.7 Å². The molecule has 0 aliphatic rings. The van der Waals surface area contributed by atoms with Gasteiger partial charge in [0.2, 0.25) is 0 Å². The molecule has 0 radical (unpaired) electrons. The highest BCUT2D eigenvalue weighted by atomic mass is 35.5. The van der Waals surface area contributed by atoms with Gasteiger partial charge in [-0.15, -0.1) is 0 Å². The van der Waals surface area contributed by atoms with Gasteiger partial charge in [0.25, 0.3) is 0 Å². The van der Waals surface area contributed by atoms with Crippen LogP contribution in [-0.2, 0) is 0 Å². The lowest BCUT2D eigenvalue weighted by Crippen LogP contribution is -2.35. The summed E-state index contributed by atoms with van der Waals surface area (Å²) >= 11 is 18.0. The lowest BCUT2D eigenvalue weighted by atomic mass is 9.94. The minimum Gasteiger partial charge on any atom is -0.491 e. The minimum absolute atomic E-state index is 0.00430. The summed E-state index contributed by atoms with van der Waals surface area (Å²) in [4.78, 5) is 0. The predicted octanol–water partition coefficient (Wildman–Crippen LogP) is 5.30. The number of benzene rings is 1. The van der Waals surface area contributed by atoms with Gasteiger partial charge in [-0.1, -0.05) is 62.5 Å². The molecular weight excluding hydrogens is 317 g/mol. The first kappa shape index (κ1) is 17.9. The Morgan fingerprint density at radius 2 is 1.70 bits per heavy atom. The topological polar surface area (TPSA) is 21.3 Å². The van der Waals surface area contributed by atoms with E-state index in [2.05, 4.69) is 33.0 Å². The summed E-state index contributed by atoms with van der Waals surface area (Å²) in [5.74, 6) is 1.20. The van der Waals surface area contributed by atoms with Gasteiger partial charge in [0.05, 0.1) is 21.7 Å². The zero-order valence-electron chi connectivity index (χ0n) is 12.4. The smallest absolute Gasteiger partial charge is 0.139 e. The highest BCUT2D eigenvalue weighted by molar-refractivity contribution is 6.43. The molecule has 0 aromatic heterocycles. The molecule has 5 heteroatoms. The summed E-state index contributed by atoms with van der Waals surface area (Å²) in [6.45, 7) is 11.1. The fourth-order valence-electron chi connectivity index (χ4n) is 1.64. The van der Waals surface area contributed by atoms with E-state index in [1.165, 1.54) is 0 Å². The Morgan fingerprint density at radius 1 is 1.10 bits per heavy atom. The highest BCUT2D eigenvalue weighted by Crippen LogP contribution is 2.34. The maximum absolute atomic E-state index is 6.09. The van der Waals surface area contributed by atoms with E-state index in [0.29, 0.717) is 33.3 Å². The van der Waals surface area contributed by atoms with E-state index in [9.17, 15) is 0 Å². The second-order valence-electron chi connectivity index (χ2n) is 6.17. The van der Waals surface area contributed by atoms with Gasteiger partial charge >= 0.3 is 0 Å². The van der Waals surface area contributed by atoms with Crippen LogP contribution < -0.4 is 10.1 Å². The van der Waals surface area contributed by atoms with E-state index in [1.807, 2.05) is 0 Å². The van der Waals surface area contributed by atoms with Gasteiger partial charge in [-0.2, -0.15) is 0 Å². The van der Waals surface area contributed by atoms with Gasteiger partial charge in [-0.05, 0) is 18.5 Å². The molecule has 0 saturated heterocycles. The molecule has 1 rings (SSSR count). The van der Waals surface area contributed by atoms with Crippen molar-refractivity contribution in [2.75, 3.05) is 19.7 Å². The average Bonchev–Trinajstić information content (AvgIpc) is 2.31. The van der Waals surface area contributed by atoms with Crippen molar-refractivity contribution in [2.24, 2.45) is 11.3 Å². The van der Waals surface area contributed by atoms with E-state index in [4.69, 9.17) is 39.5 Å². The second-order valence-corrected chi connectivity index (χ2v) is 7.40. The van der Waals surface area contributed by atoms with Crippen molar-refractivity contribution in [2.45, 2.75) is 27.7 Å². The highest BCUT2D eigenvalue weighted by Gasteiger charge is 2.19. The number of nitrogens with one attached hydrogen (secondary N) is 1. The normalized spacial score (nSPS) is 12.0. The molecule has 1 aromatic rings. The monoisotopic (exact) mass is 337 g/mol. The summed E-state index contributed by atoms with van der Waals surface area (Å²) in [5, 5.41) is 4.79. The van der Waals surface area contributed by atoms with Gasteiger partial charge in [0.15, 0.2) is 0 Å². The molecule has 0 spiro atoms. The number of hydrogen-bond donors (Lipinski definition) is 1. The van der Waals surface area contributed by atoms with E-state index < -0.39 is 0 Å². The Kier molecular flexibility index (Phi) is 6.93. The third-order valence-corrected chi connectivity index (χ3v) is 3.77. The van der Waals surface area contributed by atoms with Gasteiger partial charge in [0, 0.05) is 18.0 Å². The standard InChI is InChI=1S/C15H22Cl3NO/c1-10(2)7-19-8-15(3,4)9-20-14-6-12(17)11(16)5-13(14)18/h5-6,10,19H,7-9H2,1-4H3. The number of hydrogen-bond acceptors (Lipinski definition) is 2. The molecule has 0 unspecified atom stereocenters. The lowest BCUT2D eigenvalue weighted by molar-refractivity contribution is 0.175. The average molecular weight is 339 g/mol. The predicted molar refractivity (Wildman–Crippen MR) is 88.5 cm³/mol. The molecule has 0 atom stereocenters. The molecule has 1 N–H and O–H groups in total. The molecule has 0 aliphatic heterocycles. The van der Waals surface area contributed by atoms with E-state index in [1.54, 1.807) is 12.1 Å². The van der Waals surface area contributed by atoms with Crippen molar-refractivity contribution >= 4 is 34.8 Å². The SMILES string of the molecule is CC(C)CNCC(C)(C)COc1cc(Cl)c(Cl)cc1Cl. The van der Waals surface area contributed by atoms with Gasteiger partial charge in [0.1, 0.15) is 5.75 Å². The first-order valence-corrected chi connectivity index (χ1v) is 7.83. The zero-order valence-corrected chi connectivity index (χ0v) is 14.7. The Bertz CT molecular complexity index is 447. The third-order valence-electron chi connectivity index (χ3n) is 2.75. The van der Waals surface area contributed by atoms with Gasteiger partial charge in [-0.3, -0.25) is 0 Å². The summed E-state index contributed by atoms with van der Waals surface area (Å²) in [7, 11) is 0. The molecule has 2 nitrogen and oxygen atoms in total. The summed E-state index contributed by atoms with van der Waals surface area (Å²) in [6, 6.07) is 3.26. The minimum atomic E-state index is 0.00430. The molecule has 20 heavy (non-hydrogen) atoms. The fourth-order valence-corrected chi connectivity index (χ4v) is 2.23. The maximum Gasteiger partial charge on any atom is 0.139 e.